The summed E-state index contributed by atoms with van der Waals surface area (Å²) in [6, 6.07) is 5.27. The monoisotopic (exact) mass is 249 g/mol. The Morgan fingerprint density at radius 2 is 2.06 bits per heavy atom. The Labute approximate surface area is 107 Å². The first-order chi connectivity index (χ1) is 8.50. The standard InChI is InChI=1S/C14H19NO3/c1-10-4-5-12(11(8-10)13(16)17)15-9-14(18)6-2-3-7-14/h4-5,8,15,18H,2-3,6-7,9H2,1H3,(H,16,17). The van der Waals surface area contributed by atoms with Crippen molar-refractivity contribution in [2.24, 2.45) is 0 Å². The Morgan fingerprint density at radius 3 is 2.67 bits per heavy atom. The molecular weight excluding hydrogens is 230 g/mol. The number of carboxylic acids is 1. The van der Waals surface area contributed by atoms with Gasteiger partial charge in [-0.15, -0.1) is 0 Å². The van der Waals surface area contributed by atoms with Crippen molar-refractivity contribution in [1.82, 2.24) is 0 Å². The van der Waals surface area contributed by atoms with Gasteiger partial charge in [0, 0.05) is 12.2 Å². The summed E-state index contributed by atoms with van der Waals surface area (Å²) in [5.74, 6) is -0.945. The van der Waals surface area contributed by atoms with Crippen molar-refractivity contribution >= 4 is 11.7 Å². The molecule has 1 aromatic rings. The number of benzene rings is 1. The minimum Gasteiger partial charge on any atom is -0.478 e. The Balaban J connectivity index is 2.11. The highest BCUT2D eigenvalue weighted by Gasteiger charge is 2.30. The van der Waals surface area contributed by atoms with Crippen LogP contribution in [0.2, 0.25) is 0 Å². The molecule has 2 rings (SSSR count). The van der Waals surface area contributed by atoms with E-state index in [1.165, 1.54) is 0 Å². The van der Waals surface area contributed by atoms with Gasteiger partial charge in [-0.05, 0) is 31.9 Å². The van der Waals surface area contributed by atoms with E-state index >= 15 is 0 Å². The number of aromatic carboxylic acids is 1. The molecule has 0 heterocycles. The van der Waals surface area contributed by atoms with E-state index in [2.05, 4.69) is 5.32 Å². The molecule has 18 heavy (non-hydrogen) atoms. The van der Waals surface area contributed by atoms with Gasteiger partial charge in [0.1, 0.15) is 0 Å². The van der Waals surface area contributed by atoms with Gasteiger partial charge in [-0.1, -0.05) is 24.5 Å². The molecule has 3 N–H and O–H groups in total. The van der Waals surface area contributed by atoms with Crippen molar-refractivity contribution < 1.29 is 15.0 Å². The van der Waals surface area contributed by atoms with E-state index in [9.17, 15) is 9.90 Å². The highest BCUT2D eigenvalue weighted by molar-refractivity contribution is 5.94. The lowest BCUT2D eigenvalue weighted by Gasteiger charge is -2.23. The van der Waals surface area contributed by atoms with Gasteiger partial charge < -0.3 is 15.5 Å². The second-order valence-electron chi connectivity index (χ2n) is 5.14. The second kappa shape index (κ2) is 4.98. The van der Waals surface area contributed by atoms with Crippen molar-refractivity contribution in [3.05, 3.63) is 29.3 Å². The zero-order chi connectivity index (χ0) is 13.2. The molecule has 0 aromatic heterocycles. The van der Waals surface area contributed by atoms with Gasteiger partial charge in [0.15, 0.2) is 0 Å². The maximum absolute atomic E-state index is 11.1. The summed E-state index contributed by atoms with van der Waals surface area (Å²) in [6.45, 7) is 2.27. The summed E-state index contributed by atoms with van der Waals surface area (Å²) in [4.78, 5) is 11.1. The molecule has 0 atom stereocenters. The Kier molecular flexibility index (Phi) is 3.57. The average molecular weight is 249 g/mol. The molecule has 4 nitrogen and oxygen atoms in total. The molecule has 4 heteroatoms. The quantitative estimate of drug-likeness (QED) is 0.766. The molecule has 0 amide bonds. The van der Waals surface area contributed by atoms with Crippen LogP contribution in [0.4, 0.5) is 5.69 Å². The van der Waals surface area contributed by atoms with Gasteiger partial charge in [-0.25, -0.2) is 4.79 Å². The zero-order valence-electron chi connectivity index (χ0n) is 10.6. The molecular formula is C14H19NO3. The van der Waals surface area contributed by atoms with Crippen LogP contribution in [0.25, 0.3) is 0 Å². The van der Waals surface area contributed by atoms with Crippen molar-refractivity contribution in [2.75, 3.05) is 11.9 Å². The lowest BCUT2D eigenvalue weighted by atomic mass is 10.0. The zero-order valence-corrected chi connectivity index (χ0v) is 10.6. The van der Waals surface area contributed by atoms with Crippen molar-refractivity contribution in [3.8, 4) is 0 Å². The van der Waals surface area contributed by atoms with Crippen LogP contribution < -0.4 is 5.32 Å². The van der Waals surface area contributed by atoms with E-state index < -0.39 is 11.6 Å². The molecule has 0 bridgehead atoms. The maximum Gasteiger partial charge on any atom is 0.337 e. The molecule has 1 fully saturated rings. The molecule has 98 valence electrons. The summed E-state index contributed by atoms with van der Waals surface area (Å²) in [6.07, 6.45) is 3.65. The van der Waals surface area contributed by atoms with Crippen LogP contribution in [-0.4, -0.2) is 28.3 Å². The molecule has 0 unspecified atom stereocenters. The fraction of sp³-hybridized carbons (Fsp3) is 0.500. The smallest absolute Gasteiger partial charge is 0.337 e. The van der Waals surface area contributed by atoms with E-state index in [1.807, 2.05) is 13.0 Å². The highest BCUT2D eigenvalue weighted by atomic mass is 16.4. The number of nitrogens with one attached hydrogen (secondary N) is 1. The first kappa shape index (κ1) is 12.9. The predicted molar refractivity (Wildman–Crippen MR) is 70.0 cm³/mol. The van der Waals surface area contributed by atoms with Gasteiger partial charge >= 0.3 is 5.97 Å². The lowest BCUT2D eigenvalue weighted by Crippen LogP contribution is -2.33. The van der Waals surface area contributed by atoms with Gasteiger partial charge in [0.2, 0.25) is 0 Å². The first-order valence-corrected chi connectivity index (χ1v) is 6.30. The number of rotatable bonds is 4. The van der Waals surface area contributed by atoms with Crippen LogP contribution >= 0.6 is 0 Å². The molecule has 0 spiro atoms. The van der Waals surface area contributed by atoms with Crippen LogP contribution in [0.5, 0.6) is 0 Å². The molecule has 0 saturated heterocycles. The minimum atomic E-state index is -0.945. The number of anilines is 1. The van der Waals surface area contributed by atoms with Crippen molar-refractivity contribution in [1.29, 1.82) is 0 Å². The fourth-order valence-corrected chi connectivity index (χ4v) is 2.46. The van der Waals surface area contributed by atoms with Crippen molar-refractivity contribution in [2.45, 2.75) is 38.2 Å². The van der Waals surface area contributed by atoms with Gasteiger partial charge in [-0.3, -0.25) is 0 Å². The van der Waals surface area contributed by atoms with E-state index in [0.29, 0.717) is 12.2 Å². The second-order valence-corrected chi connectivity index (χ2v) is 5.14. The van der Waals surface area contributed by atoms with Crippen LogP contribution in [0.3, 0.4) is 0 Å². The normalized spacial score (nSPS) is 17.7. The first-order valence-electron chi connectivity index (χ1n) is 6.30. The summed E-state index contributed by atoms with van der Waals surface area (Å²) in [5, 5.41) is 22.4. The van der Waals surface area contributed by atoms with E-state index in [-0.39, 0.29) is 5.56 Å². The Morgan fingerprint density at radius 1 is 1.39 bits per heavy atom. The highest BCUT2D eigenvalue weighted by Crippen LogP contribution is 2.30. The number of aryl methyl sites for hydroxylation is 1. The third-order valence-corrected chi connectivity index (χ3v) is 3.55. The number of aliphatic hydroxyl groups is 1. The molecule has 1 saturated carbocycles. The van der Waals surface area contributed by atoms with Crippen LogP contribution in [-0.2, 0) is 0 Å². The molecule has 0 radical (unpaired) electrons. The summed E-state index contributed by atoms with van der Waals surface area (Å²) in [5.41, 5.74) is 1.07. The van der Waals surface area contributed by atoms with Crippen LogP contribution in [0, 0.1) is 6.92 Å². The Bertz CT molecular complexity index is 450. The Hall–Kier alpha value is -1.55. The summed E-state index contributed by atoms with van der Waals surface area (Å²) in [7, 11) is 0. The molecule has 1 aliphatic carbocycles. The largest absolute Gasteiger partial charge is 0.478 e. The topological polar surface area (TPSA) is 69.6 Å². The number of carboxylic acid groups (broad SMARTS) is 1. The molecule has 1 aromatic carbocycles. The SMILES string of the molecule is Cc1ccc(NCC2(O)CCCC2)c(C(=O)O)c1. The van der Waals surface area contributed by atoms with E-state index in [4.69, 9.17) is 5.11 Å². The fourth-order valence-electron chi connectivity index (χ4n) is 2.46. The number of hydrogen-bond acceptors (Lipinski definition) is 3. The lowest BCUT2D eigenvalue weighted by molar-refractivity contribution is 0.0610. The van der Waals surface area contributed by atoms with Gasteiger partial charge in [0.05, 0.1) is 11.2 Å². The van der Waals surface area contributed by atoms with Crippen LogP contribution in [0.1, 0.15) is 41.6 Å². The summed E-state index contributed by atoms with van der Waals surface area (Å²) < 4.78 is 0. The molecule has 1 aliphatic rings. The third kappa shape index (κ3) is 2.82. The van der Waals surface area contributed by atoms with E-state index in [0.717, 1.165) is 31.2 Å². The number of hydrogen-bond donors (Lipinski definition) is 3. The third-order valence-electron chi connectivity index (χ3n) is 3.55. The van der Waals surface area contributed by atoms with Gasteiger partial charge in [0.25, 0.3) is 0 Å². The van der Waals surface area contributed by atoms with E-state index in [1.54, 1.807) is 12.1 Å². The van der Waals surface area contributed by atoms with Gasteiger partial charge in [-0.2, -0.15) is 0 Å². The summed E-state index contributed by atoms with van der Waals surface area (Å²) >= 11 is 0. The van der Waals surface area contributed by atoms with Crippen molar-refractivity contribution in [3.63, 3.8) is 0 Å². The van der Waals surface area contributed by atoms with Crippen LogP contribution in [0.15, 0.2) is 18.2 Å². The minimum absolute atomic E-state index is 0.261. The molecule has 0 aliphatic heterocycles. The maximum atomic E-state index is 11.1. The number of carbonyl (C=O) groups is 1. The average Bonchev–Trinajstić information content (AvgIpc) is 2.75. The predicted octanol–water partition coefficient (Wildman–Crippen LogP) is 2.41.